The number of rotatable bonds is 5. The van der Waals surface area contributed by atoms with Crippen LogP contribution in [-0.4, -0.2) is 4.57 Å². The third kappa shape index (κ3) is 5.06. The van der Waals surface area contributed by atoms with Gasteiger partial charge in [0.05, 0.1) is 16.4 Å². The van der Waals surface area contributed by atoms with Crippen LogP contribution in [0, 0.1) is 0 Å². The molecule has 10 aromatic carbocycles. The molecule has 3 heteroatoms. The minimum atomic E-state index is -0.505. The van der Waals surface area contributed by atoms with E-state index in [2.05, 4.69) is 240 Å². The summed E-state index contributed by atoms with van der Waals surface area (Å²) in [4.78, 5) is 5.04. The lowest BCUT2D eigenvalue weighted by molar-refractivity contribution is 0.728. The maximum absolute atomic E-state index is 2.49. The number of hydrogen-bond acceptors (Lipinski definition) is 2. The van der Waals surface area contributed by atoms with Gasteiger partial charge in [0.25, 0.3) is 0 Å². The average molecular weight is 807 g/mol. The van der Waals surface area contributed by atoms with Gasteiger partial charge in [-0.15, -0.1) is 0 Å². The molecule has 2 aliphatic rings. The van der Waals surface area contributed by atoms with Crippen molar-refractivity contribution in [1.29, 1.82) is 0 Å². The van der Waals surface area contributed by atoms with Crippen molar-refractivity contribution in [3.05, 3.63) is 253 Å². The fraction of sp³-hybridized carbons (Fsp3) is 0.0169. The Kier molecular flexibility index (Phi) is 7.79. The smallest absolute Gasteiger partial charge is 0.0742 e. The maximum Gasteiger partial charge on any atom is 0.0742 e. The summed E-state index contributed by atoms with van der Waals surface area (Å²) in [5.41, 5.74) is 16.8. The van der Waals surface area contributed by atoms with Gasteiger partial charge in [0.1, 0.15) is 0 Å². The summed E-state index contributed by atoms with van der Waals surface area (Å²) in [6, 6.07) is 85.2. The Morgan fingerprint density at radius 3 is 1.73 bits per heavy atom. The van der Waals surface area contributed by atoms with Crippen molar-refractivity contribution < 1.29 is 0 Å². The highest BCUT2D eigenvalue weighted by molar-refractivity contribution is 7.99. The van der Waals surface area contributed by atoms with Crippen LogP contribution in [0.2, 0.25) is 0 Å². The van der Waals surface area contributed by atoms with E-state index in [1.165, 1.54) is 92.6 Å². The molecule has 62 heavy (non-hydrogen) atoms. The van der Waals surface area contributed by atoms with Gasteiger partial charge in [0.2, 0.25) is 0 Å². The Morgan fingerprint density at radius 2 is 0.952 bits per heavy atom. The summed E-state index contributed by atoms with van der Waals surface area (Å²) in [7, 11) is 0. The third-order valence-electron chi connectivity index (χ3n) is 13.2. The molecule has 0 saturated carbocycles. The Morgan fingerprint density at radius 1 is 0.371 bits per heavy atom. The molecule has 0 saturated heterocycles. The monoisotopic (exact) mass is 806 g/mol. The average Bonchev–Trinajstić information content (AvgIpc) is 3.83. The van der Waals surface area contributed by atoms with Gasteiger partial charge in [-0.1, -0.05) is 163 Å². The van der Waals surface area contributed by atoms with Crippen molar-refractivity contribution in [1.82, 2.24) is 4.57 Å². The normalized spacial score (nSPS) is 13.2. The summed E-state index contributed by atoms with van der Waals surface area (Å²) in [5, 5.41) is 5.07. The van der Waals surface area contributed by atoms with Crippen molar-refractivity contribution >= 4 is 61.4 Å². The van der Waals surface area contributed by atoms with Gasteiger partial charge in [0, 0.05) is 43.3 Å². The zero-order valence-corrected chi connectivity index (χ0v) is 34.6. The van der Waals surface area contributed by atoms with Crippen molar-refractivity contribution in [2.45, 2.75) is 15.2 Å². The lowest BCUT2D eigenvalue weighted by Gasteiger charge is -2.40. The zero-order chi connectivity index (χ0) is 40.8. The molecule has 13 rings (SSSR count). The van der Waals surface area contributed by atoms with Crippen LogP contribution in [0.3, 0.4) is 0 Å². The first-order valence-corrected chi connectivity index (χ1v) is 22.2. The van der Waals surface area contributed by atoms with Crippen molar-refractivity contribution in [2.24, 2.45) is 0 Å². The molecule has 11 aromatic rings. The number of aromatic nitrogens is 1. The van der Waals surface area contributed by atoms with Crippen molar-refractivity contribution in [3.63, 3.8) is 0 Å². The molecule has 0 radical (unpaired) electrons. The highest BCUT2D eigenvalue weighted by atomic mass is 32.2. The first kappa shape index (κ1) is 35.2. The second-order valence-electron chi connectivity index (χ2n) is 16.4. The van der Waals surface area contributed by atoms with Crippen LogP contribution < -0.4 is 4.90 Å². The van der Waals surface area contributed by atoms with E-state index in [1.807, 2.05) is 11.8 Å². The fourth-order valence-electron chi connectivity index (χ4n) is 10.6. The highest BCUT2D eigenvalue weighted by Crippen LogP contribution is 2.64. The summed E-state index contributed by atoms with van der Waals surface area (Å²) < 4.78 is 2.38. The molecule has 1 aliphatic heterocycles. The van der Waals surface area contributed by atoms with E-state index >= 15 is 0 Å². The molecule has 0 atom stereocenters. The molecule has 1 aliphatic carbocycles. The predicted octanol–water partition coefficient (Wildman–Crippen LogP) is 15.9. The Labute approximate surface area is 365 Å². The van der Waals surface area contributed by atoms with Crippen LogP contribution in [0.4, 0.5) is 17.1 Å². The second kappa shape index (κ2) is 13.7. The van der Waals surface area contributed by atoms with Crippen LogP contribution >= 0.6 is 11.8 Å². The van der Waals surface area contributed by atoms with E-state index < -0.39 is 5.41 Å². The Balaban J connectivity index is 0.985. The lowest BCUT2D eigenvalue weighted by Crippen LogP contribution is -2.32. The van der Waals surface area contributed by atoms with E-state index in [4.69, 9.17) is 0 Å². The van der Waals surface area contributed by atoms with Crippen molar-refractivity contribution in [3.8, 4) is 27.9 Å². The zero-order valence-electron chi connectivity index (χ0n) is 33.7. The SMILES string of the molecule is c1ccc(N(c2ccc(-c3ccc4c(c3)c3ccccc3n4-c3ccccc3)cc2)c2ccc3c(c2)C2(c4ccccc4Sc4ccccc42)c2c-3ccc3ccccc23)cc1. The van der Waals surface area contributed by atoms with Crippen LogP contribution in [0.15, 0.2) is 240 Å². The molecule has 0 bridgehead atoms. The largest absolute Gasteiger partial charge is 0.310 e. The fourth-order valence-corrected chi connectivity index (χ4v) is 11.8. The maximum atomic E-state index is 2.49. The van der Waals surface area contributed by atoms with Crippen LogP contribution in [0.25, 0.3) is 60.5 Å². The molecule has 290 valence electrons. The number of para-hydroxylation sites is 3. The van der Waals surface area contributed by atoms with Crippen LogP contribution in [0.1, 0.15) is 22.3 Å². The standard InChI is InChI=1S/C59H38N2S/c1-3-16-42(17-4-1)60(44-31-27-39(28-32-44)41-30-36-55-50(37-41)48-21-9-12-24-54(48)61(55)43-18-5-2-6-19-43)45-33-35-47-49-34-29-40-15-7-8-20-46(40)58(49)59(53(47)38-45)51-22-10-13-25-56(51)62-57-26-14-11-23-52(57)59/h1-38H. The summed E-state index contributed by atoms with van der Waals surface area (Å²) >= 11 is 1.89. The third-order valence-corrected chi connectivity index (χ3v) is 14.4. The van der Waals surface area contributed by atoms with Gasteiger partial charge in [-0.25, -0.2) is 0 Å². The van der Waals surface area contributed by atoms with Gasteiger partial charge in [0.15, 0.2) is 0 Å². The van der Waals surface area contributed by atoms with Gasteiger partial charge in [-0.3, -0.25) is 0 Å². The first-order valence-electron chi connectivity index (χ1n) is 21.3. The van der Waals surface area contributed by atoms with Crippen LogP contribution in [0.5, 0.6) is 0 Å². The molecular formula is C59H38N2S. The Bertz CT molecular complexity index is 3500. The van der Waals surface area contributed by atoms with Gasteiger partial charge in [-0.05, 0) is 134 Å². The topological polar surface area (TPSA) is 8.17 Å². The minimum Gasteiger partial charge on any atom is -0.310 e. The molecule has 0 amide bonds. The van der Waals surface area contributed by atoms with E-state index in [-0.39, 0.29) is 0 Å². The number of anilines is 3. The minimum absolute atomic E-state index is 0.505. The van der Waals surface area contributed by atoms with Gasteiger partial charge in [-0.2, -0.15) is 0 Å². The summed E-state index contributed by atoms with van der Waals surface area (Å²) in [6.07, 6.45) is 0. The molecule has 1 aromatic heterocycles. The predicted molar refractivity (Wildman–Crippen MR) is 260 cm³/mol. The van der Waals surface area contributed by atoms with E-state index in [0.717, 1.165) is 17.1 Å². The molecule has 1 spiro atoms. The Hall–Kier alpha value is -7.59. The number of nitrogens with zero attached hydrogens (tertiary/aromatic N) is 2. The molecule has 0 unspecified atom stereocenters. The molecular weight excluding hydrogens is 769 g/mol. The van der Waals surface area contributed by atoms with Crippen molar-refractivity contribution in [2.75, 3.05) is 4.90 Å². The van der Waals surface area contributed by atoms with Gasteiger partial charge >= 0.3 is 0 Å². The lowest BCUT2D eigenvalue weighted by atomic mass is 9.66. The molecule has 0 N–H and O–H groups in total. The van der Waals surface area contributed by atoms with Crippen LogP contribution in [-0.2, 0) is 5.41 Å². The van der Waals surface area contributed by atoms with Gasteiger partial charge < -0.3 is 9.47 Å². The number of fused-ring (bicyclic) bond motifs is 14. The molecule has 2 heterocycles. The quantitative estimate of drug-likeness (QED) is 0.171. The van der Waals surface area contributed by atoms with E-state index in [9.17, 15) is 0 Å². The molecule has 2 nitrogen and oxygen atoms in total. The van der Waals surface area contributed by atoms with E-state index in [0.29, 0.717) is 0 Å². The molecule has 0 fully saturated rings. The van der Waals surface area contributed by atoms with E-state index in [1.54, 1.807) is 0 Å². The highest BCUT2D eigenvalue weighted by Gasteiger charge is 2.51. The summed E-state index contributed by atoms with van der Waals surface area (Å²) in [6.45, 7) is 0. The first-order chi connectivity index (χ1) is 30.8. The number of hydrogen-bond donors (Lipinski definition) is 0. The number of benzene rings is 10. The second-order valence-corrected chi connectivity index (χ2v) is 17.5. The summed E-state index contributed by atoms with van der Waals surface area (Å²) in [5.74, 6) is 0.